The van der Waals surface area contributed by atoms with E-state index in [0.717, 1.165) is 0 Å². The molecule has 0 aromatic heterocycles. The van der Waals surface area contributed by atoms with Gasteiger partial charge in [0.2, 0.25) is 0 Å². The molecule has 1 heterocycles. The van der Waals surface area contributed by atoms with Gasteiger partial charge in [-0.2, -0.15) is 0 Å². The normalized spacial score (nSPS) is 18.7. The van der Waals surface area contributed by atoms with Gasteiger partial charge >= 0.3 is 0 Å². The Labute approximate surface area is 98.8 Å². The van der Waals surface area contributed by atoms with Crippen molar-refractivity contribution in [3.63, 3.8) is 0 Å². The maximum Gasteiger partial charge on any atom is 0.139 e. The Bertz CT molecular complexity index is 524. The third-order valence-corrected chi connectivity index (χ3v) is 4.94. The molecule has 1 aliphatic rings. The summed E-state index contributed by atoms with van der Waals surface area (Å²) in [6.07, 6.45) is 0. The fourth-order valence-electron chi connectivity index (χ4n) is 1.69. The molecule has 2 aromatic carbocycles. The molecule has 0 saturated carbocycles. The molecular formula is C12H9F2NOS. The van der Waals surface area contributed by atoms with Gasteiger partial charge in [0.05, 0.1) is 9.79 Å². The summed E-state index contributed by atoms with van der Waals surface area (Å²) in [5.41, 5.74) is 0. The van der Waals surface area contributed by atoms with E-state index in [9.17, 15) is 8.78 Å². The maximum absolute atomic E-state index is 13.7. The summed E-state index contributed by atoms with van der Waals surface area (Å²) in [5.74, 6) is -0.786. The number of nitrogens with one attached hydrogen (secondary N) is 1. The highest BCUT2D eigenvalue weighted by atomic mass is 32.3. The number of hydrogen-bond donors (Lipinski definition) is 1. The molecule has 0 unspecified atom stereocenters. The average Bonchev–Trinajstić information content (AvgIpc) is 3.11. The van der Waals surface area contributed by atoms with E-state index in [4.69, 9.17) is 4.28 Å². The van der Waals surface area contributed by atoms with Crippen molar-refractivity contribution in [2.45, 2.75) is 9.79 Å². The van der Waals surface area contributed by atoms with Gasteiger partial charge in [0.25, 0.3) is 0 Å². The van der Waals surface area contributed by atoms with Gasteiger partial charge in [0.15, 0.2) is 0 Å². The second kappa shape index (κ2) is 3.80. The van der Waals surface area contributed by atoms with Crippen molar-refractivity contribution >= 4 is 10.5 Å². The van der Waals surface area contributed by atoms with Crippen molar-refractivity contribution in [3.05, 3.63) is 60.2 Å². The molecule has 88 valence electrons. The zero-order valence-electron chi connectivity index (χ0n) is 8.69. The van der Waals surface area contributed by atoms with E-state index in [0.29, 0.717) is 9.79 Å². The van der Waals surface area contributed by atoms with E-state index in [2.05, 4.69) is 4.89 Å². The minimum absolute atomic E-state index is 0.366. The van der Waals surface area contributed by atoms with E-state index >= 15 is 0 Å². The predicted octanol–water partition coefficient (Wildman–Crippen LogP) is 3.55. The third kappa shape index (κ3) is 1.63. The van der Waals surface area contributed by atoms with Gasteiger partial charge in [0.1, 0.15) is 11.6 Å². The Morgan fingerprint density at radius 1 is 0.824 bits per heavy atom. The second-order valence-electron chi connectivity index (χ2n) is 3.58. The van der Waals surface area contributed by atoms with Crippen LogP contribution < -0.4 is 4.89 Å². The highest BCUT2D eigenvalue weighted by Gasteiger charge is 2.46. The van der Waals surface area contributed by atoms with Crippen LogP contribution in [0, 0.1) is 11.6 Å². The lowest BCUT2D eigenvalue weighted by Gasteiger charge is -2.15. The summed E-state index contributed by atoms with van der Waals surface area (Å²) in [6.45, 7) is 0. The first-order valence-electron chi connectivity index (χ1n) is 5.02. The topological polar surface area (TPSA) is 34.5 Å². The molecule has 1 saturated heterocycles. The number of hydrogen-bond acceptors (Lipinski definition) is 2. The van der Waals surface area contributed by atoms with Crippen LogP contribution >= 0.6 is 10.5 Å². The van der Waals surface area contributed by atoms with Gasteiger partial charge in [-0.05, 0) is 24.3 Å². The van der Waals surface area contributed by atoms with Crippen molar-refractivity contribution in [1.29, 1.82) is 0 Å². The van der Waals surface area contributed by atoms with Crippen LogP contribution in [-0.4, -0.2) is 0 Å². The lowest BCUT2D eigenvalue weighted by molar-refractivity contribution is 0.465. The molecule has 3 rings (SSSR count). The molecule has 2 nitrogen and oxygen atoms in total. The minimum atomic E-state index is -2.15. The first-order chi connectivity index (χ1) is 8.24. The monoisotopic (exact) mass is 253 g/mol. The predicted molar refractivity (Wildman–Crippen MR) is 61.1 cm³/mol. The highest BCUT2D eigenvalue weighted by molar-refractivity contribution is 8.32. The summed E-state index contributed by atoms with van der Waals surface area (Å²) >= 11 is 0. The molecular weight excluding hydrogens is 244 g/mol. The molecule has 0 atom stereocenters. The summed E-state index contributed by atoms with van der Waals surface area (Å²) in [6, 6.07) is 12.5. The summed E-state index contributed by atoms with van der Waals surface area (Å²) in [4.78, 5) is 3.40. The Morgan fingerprint density at radius 2 is 1.24 bits per heavy atom. The summed E-state index contributed by atoms with van der Waals surface area (Å²) in [7, 11) is -2.15. The smallest absolute Gasteiger partial charge is 0.139 e. The molecule has 0 spiro atoms. The number of rotatable bonds is 2. The van der Waals surface area contributed by atoms with E-state index < -0.39 is 22.1 Å². The van der Waals surface area contributed by atoms with Crippen molar-refractivity contribution in [3.8, 4) is 0 Å². The lowest BCUT2D eigenvalue weighted by atomic mass is 10.3. The van der Waals surface area contributed by atoms with Crippen LogP contribution in [0.4, 0.5) is 8.78 Å². The molecule has 0 amide bonds. The molecule has 17 heavy (non-hydrogen) atoms. The van der Waals surface area contributed by atoms with Crippen LogP contribution in [0.25, 0.3) is 0 Å². The van der Waals surface area contributed by atoms with Crippen LogP contribution in [0.1, 0.15) is 0 Å². The van der Waals surface area contributed by atoms with E-state index in [1.54, 1.807) is 36.4 Å². The van der Waals surface area contributed by atoms with Crippen LogP contribution in [0.15, 0.2) is 58.3 Å². The molecule has 1 aliphatic heterocycles. The molecule has 5 heteroatoms. The van der Waals surface area contributed by atoms with Gasteiger partial charge in [-0.1, -0.05) is 24.3 Å². The lowest BCUT2D eigenvalue weighted by Crippen LogP contribution is -1.95. The zero-order chi connectivity index (χ0) is 11.9. The molecule has 0 radical (unpaired) electrons. The Morgan fingerprint density at radius 3 is 1.59 bits per heavy atom. The molecule has 0 aliphatic carbocycles. The van der Waals surface area contributed by atoms with Gasteiger partial charge in [-0.15, -0.1) is 4.89 Å². The molecule has 2 aromatic rings. The first-order valence-corrected chi connectivity index (χ1v) is 6.57. The summed E-state index contributed by atoms with van der Waals surface area (Å²) < 4.78 is 32.6. The number of halogens is 2. The van der Waals surface area contributed by atoms with E-state index in [1.807, 2.05) is 0 Å². The molecule has 0 bridgehead atoms. The molecule has 1 N–H and O–H groups in total. The fraction of sp³-hybridized carbons (Fsp3) is 0. The van der Waals surface area contributed by atoms with Crippen molar-refractivity contribution in [2.24, 2.45) is 0 Å². The largest absolute Gasteiger partial charge is 0.217 e. The van der Waals surface area contributed by atoms with Crippen molar-refractivity contribution in [2.75, 3.05) is 0 Å². The van der Waals surface area contributed by atoms with Crippen LogP contribution in [-0.2, 0) is 4.28 Å². The quantitative estimate of drug-likeness (QED) is 0.830. The van der Waals surface area contributed by atoms with Crippen LogP contribution in [0.2, 0.25) is 0 Å². The zero-order valence-corrected chi connectivity index (χ0v) is 9.51. The fourth-order valence-corrected chi connectivity index (χ4v) is 3.78. The SMILES string of the molecule is Fc1ccccc1S1(c2ccccc2F)NO1. The highest BCUT2D eigenvalue weighted by Crippen LogP contribution is 2.70. The molecule has 1 fully saturated rings. The van der Waals surface area contributed by atoms with Gasteiger partial charge in [0, 0.05) is 10.5 Å². The van der Waals surface area contributed by atoms with Crippen molar-refractivity contribution < 1.29 is 13.1 Å². The Balaban J connectivity index is 2.15. The van der Waals surface area contributed by atoms with E-state index in [1.165, 1.54) is 12.1 Å². The van der Waals surface area contributed by atoms with Crippen LogP contribution in [0.5, 0.6) is 0 Å². The number of benzene rings is 2. The first kappa shape index (κ1) is 10.7. The third-order valence-electron chi connectivity index (χ3n) is 2.54. The maximum atomic E-state index is 13.7. The second-order valence-corrected chi connectivity index (χ2v) is 5.91. The Kier molecular flexibility index (Phi) is 2.39. The van der Waals surface area contributed by atoms with Gasteiger partial charge < -0.3 is 0 Å². The summed E-state index contributed by atoms with van der Waals surface area (Å²) in [5, 5.41) is 0. The van der Waals surface area contributed by atoms with Gasteiger partial charge in [-0.25, -0.2) is 13.1 Å². The minimum Gasteiger partial charge on any atom is -0.217 e. The van der Waals surface area contributed by atoms with Crippen LogP contribution in [0.3, 0.4) is 0 Å². The van der Waals surface area contributed by atoms with Gasteiger partial charge in [-0.3, -0.25) is 0 Å². The standard InChI is InChI=1S/C12H9F2NOS/c13-9-5-1-3-7-11(9)17(15-16-17)12-8-4-2-6-10(12)14/h1-8,15H. The van der Waals surface area contributed by atoms with E-state index in [-0.39, 0.29) is 0 Å². The van der Waals surface area contributed by atoms with Crippen molar-refractivity contribution in [1.82, 2.24) is 4.89 Å². The average molecular weight is 253 g/mol. The Hall–Kier alpha value is -1.43.